The molecule has 0 unspecified atom stereocenters. The predicted molar refractivity (Wildman–Crippen MR) is 74.4 cm³/mol. The lowest BCUT2D eigenvalue weighted by atomic mass is 10.0. The number of nitrogens with zero attached hydrogens (tertiary/aromatic N) is 2. The van der Waals surface area contributed by atoms with Gasteiger partial charge in [0.05, 0.1) is 6.04 Å². The van der Waals surface area contributed by atoms with E-state index in [1.165, 1.54) is 15.5 Å². The zero-order valence-electron chi connectivity index (χ0n) is 11.9. The number of hydrogen-bond acceptors (Lipinski definition) is 3. The van der Waals surface area contributed by atoms with Crippen molar-refractivity contribution in [2.24, 2.45) is 0 Å². The van der Waals surface area contributed by atoms with Crippen LogP contribution in [0.5, 0.6) is 0 Å². The van der Waals surface area contributed by atoms with E-state index in [0.717, 1.165) is 5.56 Å². The third-order valence-electron chi connectivity index (χ3n) is 4.10. The van der Waals surface area contributed by atoms with Gasteiger partial charge in [0.1, 0.15) is 12.6 Å². The molecule has 2 heterocycles. The van der Waals surface area contributed by atoms with Gasteiger partial charge in [0, 0.05) is 6.54 Å². The average Bonchev–Trinajstić information content (AvgIpc) is 2.70. The van der Waals surface area contributed by atoms with E-state index >= 15 is 0 Å². The molecule has 6 nitrogen and oxygen atoms in total. The van der Waals surface area contributed by atoms with Gasteiger partial charge in [-0.25, -0.2) is 9.59 Å². The van der Waals surface area contributed by atoms with E-state index in [1.807, 2.05) is 31.2 Å². The second-order valence-corrected chi connectivity index (χ2v) is 5.60. The Morgan fingerprint density at radius 2 is 2.05 bits per heavy atom. The topological polar surface area (TPSA) is 70.1 Å². The zero-order valence-corrected chi connectivity index (χ0v) is 11.9. The number of fused-ring (bicyclic) bond motifs is 2. The zero-order chi connectivity index (χ0) is 15.0. The van der Waals surface area contributed by atoms with Crippen LogP contribution < -0.4 is 0 Å². The van der Waals surface area contributed by atoms with Crippen molar-refractivity contribution in [3.63, 3.8) is 0 Å². The van der Waals surface area contributed by atoms with Gasteiger partial charge in [-0.2, -0.15) is 5.06 Å². The largest absolute Gasteiger partial charge is 0.480 e. The lowest BCUT2D eigenvalue weighted by Crippen LogP contribution is -2.44. The average molecular weight is 290 g/mol. The number of piperidine rings is 1. The van der Waals surface area contributed by atoms with Crippen LogP contribution in [0.3, 0.4) is 0 Å². The third-order valence-corrected chi connectivity index (χ3v) is 4.10. The molecule has 0 saturated carbocycles. The number of benzene rings is 1. The van der Waals surface area contributed by atoms with Gasteiger partial charge in [0.2, 0.25) is 0 Å². The van der Waals surface area contributed by atoms with Crippen molar-refractivity contribution in [2.75, 3.05) is 6.54 Å². The molecule has 0 aromatic heterocycles. The Kier molecular flexibility index (Phi) is 3.55. The molecule has 112 valence electrons. The second-order valence-electron chi connectivity index (χ2n) is 5.60. The quantitative estimate of drug-likeness (QED) is 0.917. The molecule has 0 aliphatic carbocycles. The van der Waals surface area contributed by atoms with Crippen molar-refractivity contribution >= 4 is 12.0 Å². The van der Waals surface area contributed by atoms with Crippen LogP contribution in [-0.2, 0) is 16.2 Å². The Morgan fingerprint density at radius 3 is 2.71 bits per heavy atom. The summed E-state index contributed by atoms with van der Waals surface area (Å²) >= 11 is 0. The molecule has 1 aromatic rings. The molecule has 1 aromatic carbocycles. The Bertz CT molecular complexity index is 557. The van der Waals surface area contributed by atoms with Crippen molar-refractivity contribution in [1.29, 1.82) is 0 Å². The Hall–Kier alpha value is -2.08. The summed E-state index contributed by atoms with van der Waals surface area (Å²) in [5, 5.41) is 10.5. The lowest BCUT2D eigenvalue weighted by Gasteiger charge is -2.26. The first-order valence-corrected chi connectivity index (χ1v) is 7.07. The number of carboxylic acid groups (broad SMARTS) is 1. The molecule has 0 spiro atoms. The molecule has 6 heteroatoms. The molecular formula is C15H18N2O4. The fraction of sp³-hybridized carbons (Fsp3) is 0.467. The second kappa shape index (κ2) is 5.37. The van der Waals surface area contributed by atoms with E-state index in [0.29, 0.717) is 26.0 Å². The number of urea groups is 1. The van der Waals surface area contributed by atoms with Gasteiger partial charge in [0.25, 0.3) is 0 Å². The molecule has 1 N–H and O–H groups in total. The summed E-state index contributed by atoms with van der Waals surface area (Å²) in [4.78, 5) is 30.4. The van der Waals surface area contributed by atoms with Crippen molar-refractivity contribution in [2.45, 2.75) is 38.5 Å². The van der Waals surface area contributed by atoms with E-state index in [-0.39, 0.29) is 12.1 Å². The van der Waals surface area contributed by atoms with Crippen molar-refractivity contribution in [3.05, 3.63) is 35.4 Å². The highest BCUT2D eigenvalue weighted by Crippen LogP contribution is 2.30. The van der Waals surface area contributed by atoms with E-state index in [9.17, 15) is 9.59 Å². The summed E-state index contributed by atoms with van der Waals surface area (Å²) in [6.07, 6.45) is 1.14. The Balaban J connectivity index is 1.66. The molecular weight excluding hydrogens is 272 g/mol. The predicted octanol–water partition coefficient (Wildman–Crippen LogP) is 1.78. The third kappa shape index (κ3) is 2.58. The first-order valence-electron chi connectivity index (χ1n) is 7.07. The first-order chi connectivity index (χ1) is 10.1. The fourth-order valence-electron chi connectivity index (χ4n) is 2.88. The number of amides is 2. The van der Waals surface area contributed by atoms with Crippen LogP contribution in [0.2, 0.25) is 0 Å². The van der Waals surface area contributed by atoms with Crippen LogP contribution in [-0.4, -0.2) is 45.7 Å². The maximum absolute atomic E-state index is 12.2. The van der Waals surface area contributed by atoms with Crippen molar-refractivity contribution in [3.8, 4) is 0 Å². The molecule has 0 radical (unpaired) electrons. The molecule has 2 saturated heterocycles. The highest BCUT2D eigenvalue weighted by Gasteiger charge is 2.47. The Morgan fingerprint density at radius 1 is 1.33 bits per heavy atom. The monoisotopic (exact) mass is 290 g/mol. The number of hydroxylamine groups is 2. The molecule has 2 fully saturated rings. The van der Waals surface area contributed by atoms with Gasteiger partial charge < -0.3 is 10.0 Å². The summed E-state index contributed by atoms with van der Waals surface area (Å²) in [5.74, 6) is -0.942. The number of hydrogen-bond donors (Lipinski definition) is 1. The minimum atomic E-state index is -0.942. The molecule has 3 rings (SSSR count). The van der Waals surface area contributed by atoms with Crippen molar-refractivity contribution in [1.82, 2.24) is 9.96 Å². The molecule has 2 bridgehead atoms. The first kappa shape index (κ1) is 13.9. The number of carboxylic acids is 1. The maximum atomic E-state index is 12.2. The molecule has 2 aliphatic heterocycles. The van der Waals surface area contributed by atoms with Gasteiger partial charge in [-0.15, -0.1) is 0 Å². The molecule has 21 heavy (non-hydrogen) atoms. The van der Waals surface area contributed by atoms with Gasteiger partial charge in [-0.3, -0.25) is 4.84 Å². The number of aryl methyl sites for hydroxylation is 1. The van der Waals surface area contributed by atoms with Crippen LogP contribution in [0.15, 0.2) is 24.3 Å². The molecule has 2 amide bonds. The van der Waals surface area contributed by atoms with E-state index in [4.69, 9.17) is 9.94 Å². The van der Waals surface area contributed by atoms with E-state index in [2.05, 4.69) is 0 Å². The van der Waals surface area contributed by atoms with Gasteiger partial charge in [0.15, 0.2) is 0 Å². The lowest BCUT2D eigenvalue weighted by molar-refractivity contribution is -0.143. The van der Waals surface area contributed by atoms with Crippen LogP contribution in [0.25, 0.3) is 0 Å². The number of aliphatic carboxylic acids is 1. The minimum Gasteiger partial charge on any atom is -0.480 e. The summed E-state index contributed by atoms with van der Waals surface area (Å²) in [6.45, 7) is 2.76. The van der Waals surface area contributed by atoms with E-state index < -0.39 is 12.0 Å². The summed E-state index contributed by atoms with van der Waals surface area (Å²) in [7, 11) is 0. The van der Waals surface area contributed by atoms with Crippen LogP contribution in [0.4, 0.5) is 4.79 Å². The minimum absolute atomic E-state index is 0.0430. The van der Waals surface area contributed by atoms with Crippen LogP contribution >= 0.6 is 0 Å². The summed E-state index contributed by atoms with van der Waals surface area (Å²) < 4.78 is 0. The van der Waals surface area contributed by atoms with Gasteiger partial charge >= 0.3 is 12.0 Å². The standard InChI is InChI=1S/C15H18N2O4/c1-10-2-4-11(5-3-10)9-21-17-12-6-7-13(14(18)19)16(8-12)15(17)20/h2-5,12-13H,6-9H2,1H3,(H,18,19)/t12-,13-/m0/s1. The van der Waals surface area contributed by atoms with E-state index in [1.54, 1.807) is 0 Å². The number of rotatable bonds is 4. The van der Waals surface area contributed by atoms with Gasteiger partial charge in [-0.05, 0) is 25.3 Å². The summed E-state index contributed by atoms with van der Waals surface area (Å²) in [5.41, 5.74) is 2.15. The van der Waals surface area contributed by atoms with Crippen LogP contribution in [0.1, 0.15) is 24.0 Å². The van der Waals surface area contributed by atoms with Crippen molar-refractivity contribution < 1.29 is 19.5 Å². The fourth-order valence-corrected chi connectivity index (χ4v) is 2.88. The smallest absolute Gasteiger partial charge is 0.345 e. The SMILES string of the molecule is Cc1ccc(CON2C(=O)N3C[C@@H]2CC[C@H]3C(=O)O)cc1. The summed E-state index contributed by atoms with van der Waals surface area (Å²) in [6, 6.07) is 6.81. The van der Waals surface area contributed by atoms with Crippen LogP contribution in [0, 0.1) is 6.92 Å². The van der Waals surface area contributed by atoms with Gasteiger partial charge in [-0.1, -0.05) is 29.8 Å². The highest BCUT2D eigenvalue weighted by molar-refractivity contribution is 5.84. The maximum Gasteiger partial charge on any atom is 0.345 e. The Labute approximate surface area is 122 Å². The molecule has 2 atom stereocenters. The number of carbonyl (C=O) groups excluding carboxylic acids is 1. The molecule has 2 aliphatic rings. The highest BCUT2D eigenvalue weighted by atomic mass is 16.7. The normalized spacial score (nSPS) is 24.5. The number of carbonyl (C=O) groups is 2.